The quantitative estimate of drug-likeness (QED) is 0.913. The van der Waals surface area contributed by atoms with Crippen molar-refractivity contribution in [1.82, 2.24) is 15.2 Å². The maximum atomic E-state index is 4.78. The topological polar surface area (TPSA) is 28.2 Å². The molecule has 2 aromatic rings. The van der Waals surface area contributed by atoms with Crippen LogP contribution in [0.2, 0.25) is 0 Å². The van der Waals surface area contributed by atoms with Crippen LogP contribution < -0.4 is 5.32 Å². The van der Waals surface area contributed by atoms with Crippen LogP contribution in [0.1, 0.15) is 31.9 Å². The number of likely N-dealkylation sites (tertiary alicyclic amines) is 1. The first kappa shape index (κ1) is 14.5. The third-order valence-electron chi connectivity index (χ3n) is 4.31. The van der Waals surface area contributed by atoms with Gasteiger partial charge in [0.05, 0.1) is 11.2 Å². The van der Waals surface area contributed by atoms with Crippen molar-refractivity contribution in [3.63, 3.8) is 0 Å². The van der Waals surface area contributed by atoms with Crippen LogP contribution in [0.5, 0.6) is 0 Å². The number of piperidine rings is 1. The van der Waals surface area contributed by atoms with Gasteiger partial charge in [-0.15, -0.1) is 0 Å². The fourth-order valence-corrected chi connectivity index (χ4v) is 3.07. The number of pyridine rings is 1. The number of benzene rings is 1. The highest BCUT2D eigenvalue weighted by molar-refractivity contribution is 5.78. The van der Waals surface area contributed by atoms with E-state index >= 15 is 0 Å². The van der Waals surface area contributed by atoms with Crippen molar-refractivity contribution in [3.05, 3.63) is 42.1 Å². The van der Waals surface area contributed by atoms with E-state index in [4.69, 9.17) is 4.98 Å². The van der Waals surface area contributed by atoms with E-state index in [9.17, 15) is 0 Å². The van der Waals surface area contributed by atoms with Crippen molar-refractivity contribution >= 4 is 10.9 Å². The molecule has 1 aliphatic heterocycles. The summed E-state index contributed by atoms with van der Waals surface area (Å²) in [6, 6.07) is 13.4. The summed E-state index contributed by atoms with van der Waals surface area (Å²) in [5.74, 6) is 0. The van der Waals surface area contributed by atoms with E-state index in [1.165, 1.54) is 43.4 Å². The van der Waals surface area contributed by atoms with Gasteiger partial charge in [-0.25, -0.2) is 0 Å². The summed E-state index contributed by atoms with van der Waals surface area (Å²) < 4.78 is 0. The third kappa shape index (κ3) is 3.80. The molecule has 1 N–H and O–H groups in total. The Bertz CT molecular complexity index is 573. The number of nitrogens with one attached hydrogen (secondary N) is 1. The molecule has 21 heavy (non-hydrogen) atoms. The molecule has 3 rings (SSSR count). The lowest BCUT2D eigenvalue weighted by atomic mass is 10.0. The summed E-state index contributed by atoms with van der Waals surface area (Å²) in [4.78, 5) is 7.31. The molecule has 1 aliphatic rings. The molecule has 0 aliphatic carbocycles. The Balaban J connectivity index is 1.56. The monoisotopic (exact) mass is 283 g/mol. The van der Waals surface area contributed by atoms with Gasteiger partial charge >= 0.3 is 0 Å². The lowest BCUT2D eigenvalue weighted by Crippen LogP contribution is -2.42. The molecule has 0 spiro atoms. The molecule has 3 heteroatoms. The average Bonchev–Trinajstić information content (AvgIpc) is 2.54. The van der Waals surface area contributed by atoms with Gasteiger partial charge in [-0.3, -0.25) is 9.88 Å². The zero-order chi connectivity index (χ0) is 14.5. The highest BCUT2D eigenvalue weighted by Crippen LogP contribution is 2.16. The Hall–Kier alpha value is -1.45. The maximum absolute atomic E-state index is 4.78. The van der Waals surface area contributed by atoms with Crippen molar-refractivity contribution in [3.8, 4) is 0 Å². The van der Waals surface area contributed by atoms with Crippen molar-refractivity contribution in [2.75, 3.05) is 19.6 Å². The minimum atomic E-state index is 0.714. The lowest BCUT2D eigenvalue weighted by molar-refractivity contribution is 0.189. The Morgan fingerprint density at radius 1 is 1.14 bits per heavy atom. The van der Waals surface area contributed by atoms with Crippen LogP contribution in [0, 0.1) is 0 Å². The number of hydrogen-bond donors (Lipinski definition) is 1. The highest BCUT2D eigenvalue weighted by Gasteiger charge is 2.18. The Morgan fingerprint density at radius 2 is 1.95 bits per heavy atom. The smallest absolute Gasteiger partial charge is 0.0705 e. The molecular formula is C18H25N3. The van der Waals surface area contributed by atoms with Gasteiger partial charge in [0, 0.05) is 31.1 Å². The van der Waals surface area contributed by atoms with Crippen LogP contribution in [-0.2, 0) is 6.54 Å². The number of fused-ring (bicyclic) bond motifs is 1. The van der Waals surface area contributed by atoms with E-state index in [1.54, 1.807) is 0 Å². The SMILES string of the molecule is CCCNC1CCN(Cc2ccc3ccccc3n2)CC1. The summed E-state index contributed by atoms with van der Waals surface area (Å²) >= 11 is 0. The second kappa shape index (κ2) is 7.01. The van der Waals surface area contributed by atoms with Gasteiger partial charge in [0.2, 0.25) is 0 Å². The summed E-state index contributed by atoms with van der Waals surface area (Å²) in [6.07, 6.45) is 3.74. The number of aromatic nitrogens is 1. The van der Waals surface area contributed by atoms with E-state index in [0.29, 0.717) is 6.04 Å². The fourth-order valence-electron chi connectivity index (χ4n) is 3.07. The second-order valence-corrected chi connectivity index (χ2v) is 6.00. The molecule has 2 heterocycles. The summed E-state index contributed by atoms with van der Waals surface area (Å²) in [5.41, 5.74) is 2.29. The zero-order valence-corrected chi connectivity index (χ0v) is 12.9. The van der Waals surface area contributed by atoms with Crippen LogP contribution in [0.15, 0.2) is 36.4 Å². The summed E-state index contributed by atoms with van der Waals surface area (Å²) in [7, 11) is 0. The molecule has 1 fully saturated rings. The lowest BCUT2D eigenvalue weighted by Gasteiger charge is -2.32. The first-order chi connectivity index (χ1) is 10.3. The van der Waals surface area contributed by atoms with Gasteiger partial charge in [-0.1, -0.05) is 31.2 Å². The van der Waals surface area contributed by atoms with Gasteiger partial charge in [-0.05, 0) is 37.9 Å². The molecule has 112 valence electrons. The first-order valence-corrected chi connectivity index (χ1v) is 8.15. The van der Waals surface area contributed by atoms with Gasteiger partial charge in [0.25, 0.3) is 0 Å². The van der Waals surface area contributed by atoms with E-state index < -0.39 is 0 Å². The molecule has 0 radical (unpaired) electrons. The van der Waals surface area contributed by atoms with Gasteiger partial charge < -0.3 is 5.32 Å². The minimum Gasteiger partial charge on any atom is -0.314 e. The number of rotatable bonds is 5. The zero-order valence-electron chi connectivity index (χ0n) is 12.9. The van der Waals surface area contributed by atoms with E-state index in [2.05, 4.69) is 53.5 Å². The summed E-state index contributed by atoms with van der Waals surface area (Å²) in [5, 5.41) is 4.86. The highest BCUT2D eigenvalue weighted by atomic mass is 15.1. The molecule has 0 bridgehead atoms. The van der Waals surface area contributed by atoms with Gasteiger partial charge in [-0.2, -0.15) is 0 Å². The van der Waals surface area contributed by atoms with Crippen LogP contribution in [0.25, 0.3) is 10.9 Å². The molecule has 3 nitrogen and oxygen atoms in total. The molecule has 1 aromatic carbocycles. The molecular weight excluding hydrogens is 258 g/mol. The number of hydrogen-bond acceptors (Lipinski definition) is 3. The van der Waals surface area contributed by atoms with Crippen LogP contribution in [0.4, 0.5) is 0 Å². The third-order valence-corrected chi connectivity index (χ3v) is 4.31. The van der Waals surface area contributed by atoms with Crippen molar-refractivity contribution in [2.45, 2.75) is 38.8 Å². The van der Waals surface area contributed by atoms with E-state index in [-0.39, 0.29) is 0 Å². The van der Waals surface area contributed by atoms with Crippen molar-refractivity contribution in [2.24, 2.45) is 0 Å². The van der Waals surface area contributed by atoms with E-state index in [1.807, 2.05) is 0 Å². The molecule has 0 atom stereocenters. The van der Waals surface area contributed by atoms with Crippen LogP contribution in [0.3, 0.4) is 0 Å². The standard InChI is InChI=1S/C18H25N3/c1-2-11-19-16-9-12-21(13-10-16)14-17-8-7-15-5-3-4-6-18(15)20-17/h3-8,16,19H,2,9-14H2,1H3. The maximum Gasteiger partial charge on any atom is 0.0705 e. The van der Waals surface area contributed by atoms with Gasteiger partial charge in [0.1, 0.15) is 0 Å². The van der Waals surface area contributed by atoms with Crippen molar-refractivity contribution in [1.29, 1.82) is 0 Å². The first-order valence-electron chi connectivity index (χ1n) is 8.15. The average molecular weight is 283 g/mol. The minimum absolute atomic E-state index is 0.714. The molecule has 1 saturated heterocycles. The fraction of sp³-hybridized carbons (Fsp3) is 0.500. The predicted molar refractivity (Wildman–Crippen MR) is 88.3 cm³/mol. The Labute approximate surface area is 127 Å². The van der Waals surface area contributed by atoms with E-state index in [0.717, 1.165) is 18.6 Å². The second-order valence-electron chi connectivity index (χ2n) is 6.00. The normalized spacial score (nSPS) is 17.4. The number of para-hydroxylation sites is 1. The molecule has 1 aromatic heterocycles. The Kier molecular flexibility index (Phi) is 4.84. The number of nitrogens with zero attached hydrogens (tertiary/aromatic N) is 2. The van der Waals surface area contributed by atoms with Crippen molar-refractivity contribution < 1.29 is 0 Å². The molecule has 0 saturated carbocycles. The summed E-state index contributed by atoms with van der Waals surface area (Å²) in [6.45, 7) is 6.71. The predicted octanol–water partition coefficient (Wildman–Crippen LogP) is 3.20. The largest absolute Gasteiger partial charge is 0.314 e. The van der Waals surface area contributed by atoms with Gasteiger partial charge in [0.15, 0.2) is 0 Å². The van der Waals surface area contributed by atoms with Crippen LogP contribution >= 0.6 is 0 Å². The Morgan fingerprint density at radius 3 is 2.76 bits per heavy atom. The van der Waals surface area contributed by atoms with Crippen LogP contribution in [-0.4, -0.2) is 35.6 Å². The molecule has 0 unspecified atom stereocenters. The molecule has 0 amide bonds.